The van der Waals surface area contributed by atoms with E-state index in [0.717, 1.165) is 15.7 Å². The molecule has 0 aliphatic carbocycles. The summed E-state index contributed by atoms with van der Waals surface area (Å²) in [5.74, 6) is 0. The van der Waals surface area contributed by atoms with Crippen molar-refractivity contribution in [1.82, 2.24) is 10.3 Å². The van der Waals surface area contributed by atoms with Crippen molar-refractivity contribution in [1.29, 1.82) is 0 Å². The van der Waals surface area contributed by atoms with E-state index in [1.807, 2.05) is 19.3 Å². The lowest BCUT2D eigenvalue weighted by Crippen LogP contribution is -2.18. The van der Waals surface area contributed by atoms with Crippen molar-refractivity contribution in [3.63, 3.8) is 0 Å². The molecule has 3 aromatic rings. The van der Waals surface area contributed by atoms with E-state index < -0.39 is 0 Å². The topological polar surface area (TPSA) is 24.9 Å². The zero-order valence-corrected chi connectivity index (χ0v) is 15.4. The first-order valence-corrected chi connectivity index (χ1v) is 9.04. The van der Waals surface area contributed by atoms with Gasteiger partial charge in [-0.3, -0.25) is 4.98 Å². The second-order valence-corrected chi connectivity index (χ2v) is 8.56. The predicted octanol–water partition coefficient (Wildman–Crippen LogP) is 5.32. The lowest BCUT2D eigenvalue weighted by Gasteiger charge is -2.17. The summed E-state index contributed by atoms with van der Waals surface area (Å²) in [7, 11) is 2.01. The highest BCUT2D eigenvalue weighted by molar-refractivity contribution is 9.12. The van der Waals surface area contributed by atoms with Gasteiger partial charge in [0.05, 0.1) is 13.1 Å². The Morgan fingerprint density at radius 2 is 2.05 bits per heavy atom. The molecular formula is C16H14Br2N2S. The van der Waals surface area contributed by atoms with Crippen molar-refractivity contribution in [2.45, 2.75) is 12.5 Å². The second kappa shape index (κ2) is 6.57. The van der Waals surface area contributed by atoms with Crippen LogP contribution in [0.1, 0.15) is 17.2 Å². The van der Waals surface area contributed by atoms with Gasteiger partial charge in [-0.25, -0.2) is 0 Å². The van der Waals surface area contributed by atoms with E-state index in [1.165, 1.54) is 20.3 Å². The molecule has 2 nitrogen and oxygen atoms in total. The quantitative estimate of drug-likeness (QED) is 0.611. The first-order valence-electron chi connectivity index (χ1n) is 6.63. The highest BCUT2D eigenvalue weighted by Crippen LogP contribution is 2.37. The number of hydrogen-bond donors (Lipinski definition) is 1. The molecule has 1 atom stereocenters. The fourth-order valence-electron chi connectivity index (χ4n) is 2.51. The summed E-state index contributed by atoms with van der Waals surface area (Å²) < 4.78 is 2.32. The fourth-order valence-corrected chi connectivity index (χ4v) is 5.49. The summed E-state index contributed by atoms with van der Waals surface area (Å²) in [4.78, 5) is 4.43. The summed E-state index contributed by atoms with van der Waals surface area (Å²) in [6, 6.07) is 12.9. The Balaban J connectivity index is 1.98. The summed E-state index contributed by atoms with van der Waals surface area (Å²) in [5.41, 5.74) is 3.65. The molecule has 0 radical (unpaired) electrons. The van der Waals surface area contributed by atoms with E-state index >= 15 is 0 Å². The molecule has 0 fully saturated rings. The molecule has 1 N–H and O–H groups in total. The summed E-state index contributed by atoms with van der Waals surface area (Å²) in [6.45, 7) is 0. The smallest absolute Gasteiger partial charge is 0.0758 e. The van der Waals surface area contributed by atoms with E-state index in [2.05, 4.69) is 72.5 Å². The lowest BCUT2D eigenvalue weighted by molar-refractivity contribution is 0.593. The van der Waals surface area contributed by atoms with Crippen molar-refractivity contribution in [2.75, 3.05) is 7.05 Å². The number of rotatable bonds is 4. The van der Waals surface area contributed by atoms with Crippen molar-refractivity contribution < 1.29 is 0 Å². The molecular weight excluding hydrogens is 412 g/mol. The molecule has 0 aliphatic heterocycles. The monoisotopic (exact) mass is 424 g/mol. The van der Waals surface area contributed by atoms with Gasteiger partial charge < -0.3 is 5.32 Å². The maximum absolute atomic E-state index is 4.43. The largest absolute Gasteiger partial charge is 0.313 e. The number of para-hydroxylation sites is 1. The number of nitrogens with one attached hydrogen (secondary N) is 1. The Labute approximate surface area is 144 Å². The minimum atomic E-state index is 0.271. The molecule has 1 aromatic carbocycles. The third-order valence-electron chi connectivity index (χ3n) is 3.57. The van der Waals surface area contributed by atoms with E-state index in [-0.39, 0.29) is 6.04 Å². The number of benzene rings is 1. The zero-order chi connectivity index (χ0) is 14.8. The Morgan fingerprint density at radius 3 is 2.76 bits per heavy atom. The van der Waals surface area contributed by atoms with Gasteiger partial charge in [-0.15, -0.1) is 11.3 Å². The molecule has 2 aromatic heterocycles. The van der Waals surface area contributed by atoms with Crippen molar-refractivity contribution in [3.8, 4) is 0 Å². The van der Waals surface area contributed by atoms with Gasteiger partial charge in [0.1, 0.15) is 0 Å². The van der Waals surface area contributed by atoms with Crippen LogP contribution in [0.5, 0.6) is 0 Å². The number of halogens is 2. The van der Waals surface area contributed by atoms with E-state index in [9.17, 15) is 0 Å². The molecule has 108 valence electrons. The van der Waals surface area contributed by atoms with Gasteiger partial charge in [-0.05, 0) is 74.7 Å². The third kappa shape index (κ3) is 3.21. The fraction of sp³-hybridized carbons (Fsp3) is 0.188. The summed E-state index contributed by atoms with van der Waals surface area (Å²) >= 11 is 8.92. The number of fused-ring (bicyclic) bond motifs is 1. The van der Waals surface area contributed by atoms with Crippen LogP contribution in [0.15, 0.2) is 50.2 Å². The van der Waals surface area contributed by atoms with Crippen LogP contribution in [0, 0.1) is 0 Å². The lowest BCUT2D eigenvalue weighted by atomic mass is 9.98. The van der Waals surface area contributed by atoms with Gasteiger partial charge >= 0.3 is 0 Å². The van der Waals surface area contributed by atoms with Crippen LogP contribution in [0.4, 0.5) is 0 Å². The molecule has 3 rings (SSSR count). The molecule has 0 saturated carbocycles. The van der Waals surface area contributed by atoms with E-state index in [4.69, 9.17) is 0 Å². The van der Waals surface area contributed by atoms with Crippen LogP contribution in [0.25, 0.3) is 10.9 Å². The van der Waals surface area contributed by atoms with Crippen LogP contribution in [-0.4, -0.2) is 12.0 Å². The van der Waals surface area contributed by atoms with Gasteiger partial charge in [0.2, 0.25) is 0 Å². The van der Waals surface area contributed by atoms with Crippen LogP contribution in [0.2, 0.25) is 0 Å². The average Bonchev–Trinajstić information content (AvgIpc) is 2.83. The first-order chi connectivity index (χ1) is 10.2. The Hall–Kier alpha value is -0.750. The number of pyridine rings is 1. The first kappa shape index (κ1) is 15.2. The highest BCUT2D eigenvalue weighted by Gasteiger charge is 2.17. The Kier molecular flexibility index (Phi) is 4.74. The highest BCUT2D eigenvalue weighted by atomic mass is 79.9. The molecule has 21 heavy (non-hydrogen) atoms. The predicted molar refractivity (Wildman–Crippen MR) is 97.0 cm³/mol. The molecule has 1 unspecified atom stereocenters. The number of aromatic nitrogens is 1. The maximum Gasteiger partial charge on any atom is 0.0758 e. The summed E-state index contributed by atoms with van der Waals surface area (Å²) in [6.07, 6.45) is 2.82. The van der Waals surface area contributed by atoms with Gasteiger partial charge in [0.15, 0.2) is 0 Å². The zero-order valence-electron chi connectivity index (χ0n) is 11.4. The number of nitrogens with zero attached hydrogens (tertiary/aromatic N) is 1. The van der Waals surface area contributed by atoms with Gasteiger partial charge in [-0.2, -0.15) is 0 Å². The molecule has 5 heteroatoms. The van der Waals surface area contributed by atoms with Gasteiger partial charge in [0, 0.05) is 17.6 Å². The molecule has 0 amide bonds. The minimum Gasteiger partial charge on any atom is -0.313 e. The van der Waals surface area contributed by atoms with Crippen molar-refractivity contribution in [2.24, 2.45) is 0 Å². The molecule has 0 bridgehead atoms. The number of thiophene rings is 1. The molecule has 0 saturated heterocycles. The standard InChI is InChI=1S/C16H14Br2N2S/c1-19-14(12-9-15(17)21-16(12)18)8-10-6-7-20-13-5-3-2-4-11(10)13/h2-7,9,14,19H,8H2,1H3. The SMILES string of the molecule is CNC(Cc1ccnc2ccccc12)c1cc(Br)sc1Br. The third-order valence-corrected chi connectivity index (χ3v) is 5.96. The van der Waals surface area contributed by atoms with Gasteiger partial charge in [0.25, 0.3) is 0 Å². The van der Waals surface area contributed by atoms with Crippen molar-refractivity contribution >= 4 is 54.1 Å². The Bertz CT molecular complexity index is 765. The minimum absolute atomic E-state index is 0.271. The average molecular weight is 426 g/mol. The number of likely N-dealkylation sites (N-methyl/N-ethyl adjacent to an activating group) is 1. The van der Waals surface area contributed by atoms with Crippen LogP contribution in [0.3, 0.4) is 0 Å². The second-order valence-electron chi connectivity index (χ2n) is 4.81. The molecule has 0 aliphatic rings. The van der Waals surface area contributed by atoms with Crippen LogP contribution >= 0.6 is 43.2 Å². The van der Waals surface area contributed by atoms with E-state index in [0.29, 0.717) is 0 Å². The van der Waals surface area contributed by atoms with Crippen molar-refractivity contribution in [3.05, 3.63) is 61.3 Å². The van der Waals surface area contributed by atoms with E-state index in [1.54, 1.807) is 11.3 Å². The number of hydrogen-bond acceptors (Lipinski definition) is 3. The Morgan fingerprint density at radius 1 is 1.24 bits per heavy atom. The molecule has 2 heterocycles. The maximum atomic E-state index is 4.43. The van der Waals surface area contributed by atoms with Crippen LogP contribution < -0.4 is 5.32 Å². The normalized spacial score (nSPS) is 12.7. The van der Waals surface area contributed by atoms with Gasteiger partial charge in [-0.1, -0.05) is 18.2 Å². The van der Waals surface area contributed by atoms with Crippen LogP contribution in [-0.2, 0) is 6.42 Å². The molecule has 0 spiro atoms. The summed E-state index contributed by atoms with van der Waals surface area (Å²) in [5, 5.41) is 4.65.